The van der Waals surface area contributed by atoms with Crippen LogP contribution in [0.3, 0.4) is 0 Å². The van der Waals surface area contributed by atoms with E-state index in [4.69, 9.17) is 5.11 Å². The SMILES string of the molecule is O=C(O)C1CC1C(=O)Nc1ccc(Sc2ncn[nH]2)cc1. The maximum Gasteiger partial charge on any atom is 0.307 e. The standard InChI is InChI=1S/C13H12N4O3S/c18-11(9-5-10(9)12(19)20)16-7-1-3-8(4-2-7)21-13-14-6-15-17-13/h1-4,6,9-10H,5H2,(H,16,18)(H,19,20)(H,14,15,17). The second-order valence-electron chi connectivity index (χ2n) is 4.69. The highest BCUT2D eigenvalue weighted by Crippen LogP contribution is 2.39. The Hall–Kier alpha value is -2.35. The Morgan fingerprint density at radius 1 is 1.29 bits per heavy atom. The number of nitrogens with one attached hydrogen (secondary N) is 2. The summed E-state index contributed by atoms with van der Waals surface area (Å²) >= 11 is 1.43. The number of hydrogen-bond donors (Lipinski definition) is 3. The van der Waals surface area contributed by atoms with Crippen LogP contribution in [0.1, 0.15) is 6.42 Å². The van der Waals surface area contributed by atoms with E-state index in [0.29, 0.717) is 17.3 Å². The molecule has 1 fully saturated rings. The van der Waals surface area contributed by atoms with E-state index in [1.54, 1.807) is 12.1 Å². The van der Waals surface area contributed by atoms with Gasteiger partial charge in [0.25, 0.3) is 0 Å². The number of aliphatic carboxylic acids is 1. The number of carboxylic acid groups (broad SMARTS) is 1. The molecule has 8 heteroatoms. The normalized spacial score (nSPS) is 20.0. The van der Waals surface area contributed by atoms with Crippen LogP contribution in [0.4, 0.5) is 5.69 Å². The first-order valence-electron chi connectivity index (χ1n) is 6.30. The zero-order chi connectivity index (χ0) is 14.8. The highest BCUT2D eigenvalue weighted by molar-refractivity contribution is 7.99. The van der Waals surface area contributed by atoms with Crippen molar-refractivity contribution in [3.8, 4) is 0 Å². The summed E-state index contributed by atoms with van der Waals surface area (Å²) < 4.78 is 0. The van der Waals surface area contributed by atoms with Crippen LogP contribution >= 0.6 is 11.8 Å². The molecule has 1 amide bonds. The smallest absolute Gasteiger partial charge is 0.307 e. The fourth-order valence-electron chi connectivity index (χ4n) is 1.95. The van der Waals surface area contributed by atoms with Gasteiger partial charge in [-0.05, 0) is 30.7 Å². The Balaban J connectivity index is 1.57. The molecule has 0 spiro atoms. The van der Waals surface area contributed by atoms with Crippen molar-refractivity contribution in [1.82, 2.24) is 15.2 Å². The lowest BCUT2D eigenvalue weighted by Gasteiger charge is -2.05. The van der Waals surface area contributed by atoms with Crippen molar-refractivity contribution in [3.63, 3.8) is 0 Å². The zero-order valence-corrected chi connectivity index (χ0v) is 11.6. The number of amides is 1. The number of carboxylic acids is 1. The van der Waals surface area contributed by atoms with Crippen molar-refractivity contribution < 1.29 is 14.7 Å². The molecule has 0 radical (unpaired) electrons. The molecule has 0 saturated heterocycles. The Bertz CT molecular complexity index is 657. The van der Waals surface area contributed by atoms with Gasteiger partial charge in [0.2, 0.25) is 5.91 Å². The summed E-state index contributed by atoms with van der Waals surface area (Å²) in [5.74, 6) is -2.09. The summed E-state index contributed by atoms with van der Waals surface area (Å²) in [4.78, 5) is 27.5. The summed E-state index contributed by atoms with van der Waals surface area (Å²) in [5.41, 5.74) is 0.651. The van der Waals surface area contributed by atoms with E-state index < -0.39 is 17.8 Å². The van der Waals surface area contributed by atoms with Crippen LogP contribution in [-0.2, 0) is 9.59 Å². The van der Waals surface area contributed by atoms with Crippen LogP contribution in [0, 0.1) is 11.8 Å². The van der Waals surface area contributed by atoms with Crippen molar-refractivity contribution in [2.45, 2.75) is 16.5 Å². The Morgan fingerprint density at radius 3 is 2.62 bits per heavy atom. The van der Waals surface area contributed by atoms with Gasteiger partial charge in [-0.3, -0.25) is 14.7 Å². The van der Waals surface area contributed by atoms with Crippen LogP contribution in [0.15, 0.2) is 40.6 Å². The quantitative estimate of drug-likeness (QED) is 0.774. The number of benzene rings is 1. The van der Waals surface area contributed by atoms with Crippen LogP contribution < -0.4 is 5.32 Å². The lowest BCUT2D eigenvalue weighted by atomic mass is 10.2. The van der Waals surface area contributed by atoms with Crippen LogP contribution in [-0.4, -0.2) is 32.2 Å². The van der Waals surface area contributed by atoms with Gasteiger partial charge < -0.3 is 10.4 Å². The van der Waals surface area contributed by atoms with Crippen molar-refractivity contribution in [2.75, 3.05) is 5.32 Å². The van der Waals surface area contributed by atoms with E-state index in [2.05, 4.69) is 20.5 Å². The van der Waals surface area contributed by atoms with Gasteiger partial charge in [-0.15, -0.1) is 0 Å². The molecule has 0 aliphatic heterocycles. The number of aromatic nitrogens is 3. The van der Waals surface area contributed by atoms with Crippen LogP contribution in [0.5, 0.6) is 0 Å². The Morgan fingerprint density at radius 2 is 2.05 bits per heavy atom. The molecule has 1 heterocycles. The van der Waals surface area contributed by atoms with Gasteiger partial charge in [0.05, 0.1) is 11.8 Å². The van der Waals surface area contributed by atoms with Gasteiger partial charge in [-0.2, -0.15) is 5.10 Å². The summed E-state index contributed by atoms with van der Waals surface area (Å²) in [6, 6.07) is 7.25. The van der Waals surface area contributed by atoms with E-state index in [1.807, 2.05) is 12.1 Å². The first-order valence-corrected chi connectivity index (χ1v) is 7.12. The van der Waals surface area contributed by atoms with Crippen molar-refractivity contribution in [3.05, 3.63) is 30.6 Å². The Labute approximate surface area is 124 Å². The molecule has 2 aromatic rings. The largest absolute Gasteiger partial charge is 0.481 e. The molecule has 1 saturated carbocycles. The maximum absolute atomic E-state index is 11.8. The molecule has 1 aromatic carbocycles. The minimum atomic E-state index is -0.908. The fourth-order valence-corrected chi connectivity index (χ4v) is 2.65. The summed E-state index contributed by atoms with van der Waals surface area (Å²) in [6.07, 6.45) is 1.85. The first-order chi connectivity index (χ1) is 10.1. The fraction of sp³-hybridized carbons (Fsp3) is 0.231. The predicted octanol–water partition coefficient (Wildman–Crippen LogP) is 1.62. The summed E-state index contributed by atoms with van der Waals surface area (Å²) in [5, 5.41) is 18.7. The van der Waals surface area contributed by atoms with Gasteiger partial charge in [0, 0.05) is 10.6 Å². The monoisotopic (exact) mass is 304 g/mol. The molecule has 1 aliphatic carbocycles. The van der Waals surface area contributed by atoms with Gasteiger partial charge >= 0.3 is 5.97 Å². The number of carbonyl (C=O) groups is 2. The third-order valence-electron chi connectivity index (χ3n) is 3.17. The number of rotatable bonds is 5. The molecule has 108 valence electrons. The van der Waals surface area contributed by atoms with E-state index in [-0.39, 0.29) is 5.91 Å². The molecule has 2 unspecified atom stereocenters. The molecule has 1 aromatic heterocycles. The number of hydrogen-bond acceptors (Lipinski definition) is 5. The number of nitrogens with zero attached hydrogens (tertiary/aromatic N) is 2. The molecule has 0 bridgehead atoms. The van der Waals surface area contributed by atoms with Gasteiger partial charge in [0.15, 0.2) is 5.16 Å². The molecule has 21 heavy (non-hydrogen) atoms. The highest BCUT2D eigenvalue weighted by atomic mass is 32.2. The van der Waals surface area contributed by atoms with Gasteiger partial charge in [-0.1, -0.05) is 11.8 Å². The molecule has 3 N–H and O–H groups in total. The molecule has 3 rings (SSSR count). The average Bonchev–Trinajstić information content (AvgIpc) is 3.13. The molecule has 2 atom stereocenters. The zero-order valence-electron chi connectivity index (χ0n) is 10.8. The molecular weight excluding hydrogens is 292 g/mol. The number of carbonyl (C=O) groups excluding carboxylic acids is 1. The van der Waals surface area contributed by atoms with E-state index in [9.17, 15) is 9.59 Å². The molecule has 7 nitrogen and oxygen atoms in total. The summed E-state index contributed by atoms with van der Waals surface area (Å²) in [7, 11) is 0. The second-order valence-corrected chi connectivity index (χ2v) is 5.76. The molecule has 1 aliphatic rings. The highest BCUT2D eigenvalue weighted by Gasteiger charge is 2.48. The predicted molar refractivity (Wildman–Crippen MR) is 74.8 cm³/mol. The molecular formula is C13H12N4O3S. The lowest BCUT2D eigenvalue weighted by Crippen LogP contribution is -2.16. The van der Waals surface area contributed by atoms with Gasteiger partial charge in [0.1, 0.15) is 6.33 Å². The maximum atomic E-state index is 11.8. The third-order valence-corrected chi connectivity index (χ3v) is 4.07. The van der Waals surface area contributed by atoms with E-state index >= 15 is 0 Å². The Kier molecular flexibility index (Phi) is 3.61. The second kappa shape index (κ2) is 5.57. The topological polar surface area (TPSA) is 108 Å². The minimum absolute atomic E-state index is 0.238. The van der Waals surface area contributed by atoms with Crippen molar-refractivity contribution in [1.29, 1.82) is 0 Å². The van der Waals surface area contributed by atoms with Crippen molar-refractivity contribution >= 4 is 29.3 Å². The number of H-pyrrole nitrogens is 1. The number of aromatic amines is 1. The third kappa shape index (κ3) is 3.22. The minimum Gasteiger partial charge on any atom is -0.481 e. The van der Waals surface area contributed by atoms with Crippen LogP contribution in [0.25, 0.3) is 0 Å². The number of anilines is 1. The van der Waals surface area contributed by atoms with E-state index in [1.165, 1.54) is 18.1 Å². The van der Waals surface area contributed by atoms with Crippen LogP contribution in [0.2, 0.25) is 0 Å². The average molecular weight is 304 g/mol. The van der Waals surface area contributed by atoms with Crippen molar-refractivity contribution in [2.24, 2.45) is 11.8 Å². The van der Waals surface area contributed by atoms with Gasteiger partial charge in [-0.25, -0.2) is 4.98 Å². The van der Waals surface area contributed by atoms with E-state index in [0.717, 1.165) is 4.90 Å². The first kappa shape index (κ1) is 13.6. The lowest BCUT2D eigenvalue weighted by molar-refractivity contribution is -0.139. The summed E-state index contributed by atoms with van der Waals surface area (Å²) in [6.45, 7) is 0.